The highest BCUT2D eigenvalue weighted by Gasteiger charge is 2.24. The van der Waals surface area contributed by atoms with Crippen molar-refractivity contribution in [2.24, 2.45) is 0 Å². The summed E-state index contributed by atoms with van der Waals surface area (Å²) in [6.45, 7) is 6.28. The van der Waals surface area contributed by atoms with Crippen molar-refractivity contribution >= 4 is 11.9 Å². The van der Waals surface area contributed by atoms with Crippen molar-refractivity contribution in [3.63, 3.8) is 0 Å². The number of aliphatic hydroxyl groups is 2. The molecule has 0 heterocycles. The summed E-state index contributed by atoms with van der Waals surface area (Å²) in [5.74, 6) is -0.544. The summed E-state index contributed by atoms with van der Waals surface area (Å²) >= 11 is 0. The van der Waals surface area contributed by atoms with E-state index in [-0.39, 0.29) is 24.9 Å². The van der Waals surface area contributed by atoms with Gasteiger partial charge in [0.25, 0.3) is 0 Å². The normalized spacial score (nSPS) is 13.9. The Hall–Kier alpha value is -2.18. The van der Waals surface area contributed by atoms with E-state index in [0.717, 1.165) is 57.8 Å². The molecule has 0 spiro atoms. The molecule has 0 saturated heterocycles. The number of unbranched alkanes of at least 4 members (excludes halogenated alkanes) is 21. The third kappa shape index (κ3) is 34.9. The number of carbonyl (C=O) groups excluding carboxylic acids is 2. The van der Waals surface area contributed by atoms with Crippen LogP contribution >= 0.6 is 0 Å². The standard InChI is InChI=1S/C46H83NO5/c1-4-7-10-13-16-19-22-24-26-29-32-35-38-44(49)43(41-48)47-45(50)40-42(37-34-31-28-25-23-20-17-14-11-8-5-2)52-46(51)39-36-33-30-27-21-18-15-12-9-6-3/h8,11,14,17,20,23,25,28,42-44,48-49H,4-7,9-10,12-13,15-16,18-19,21-22,24,26-27,29-41H2,1-3H3,(H,47,50)/b11-8+,17-14+,23-20-,28-25-. The van der Waals surface area contributed by atoms with E-state index in [4.69, 9.17) is 4.74 Å². The first-order chi connectivity index (χ1) is 25.5. The van der Waals surface area contributed by atoms with Gasteiger partial charge in [-0.15, -0.1) is 0 Å². The van der Waals surface area contributed by atoms with Gasteiger partial charge in [0, 0.05) is 6.42 Å². The maximum atomic E-state index is 13.1. The molecule has 6 nitrogen and oxygen atoms in total. The van der Waals surface area contributed by atoms with E-state index in [1.54, 1.807) is 0 Å². The Kier molecular flexibility index (Phi) is 38.3. The molecule has 0 aliphatic carbocycles. The average Bonchev–Trinajstić information content (AvgIpc) is 3.13. The second-order valence-electron chi connectivity index (χ2n) is 14.8. The minimum Gasteiger partial charge on any atom is -0.462 e. The van der Waals surface area contributed by atoms with Gasteiger partial charge < -0.3 is 20.3 Å². The number of hydrogen-bond acceptors (Lipinski definition) is 5. The third-order valence-corrected chi connectivity index (χ3v) is 9.77. The first-order valence-corrected chi connectivity index (χ1v) is 21.9. The zero-order chi connectivity index (χ0) is 38.2. The molecule has 52 heavy (non-hydrogen) atoms. The van der Waals surface area contributed by atoms with Gasteiger partial charge in [-0.3, -0.25) is 9.59 Å². The fourth-order valence-electron chi connectivity index (χ4n) is 6.45. The minimum atomic E-state index is -0.801. The van der Waals surface area contributed by atoms with Gasteiger partial charge in [0.1, 0.15) is 6.10 Å². The molecule has 3 unspecified atom stereocenters. The molecule has 0 saturated carbocycles. The molecular weight excluding hydrogens is 647 g/mol. The van der Waals surface area contributed by atoms with E-state index >= 15 is 0 Å². The van der Waals surface area contributed by atoms with Crippen LogP contribution in [0.25, 0.3) is 0 Å². The van der Waals surface area contributed by atoms with Crippen LogP contribution in [0.4, 0.5) is 0 Å². The predicted molar refractivity (Wildman–Crippen MR) is 222 cm³/mol. The monoisotopic (exact) mass is 730 g/mol. The van der Waals surface area contributed by atoms with Gasteiger partial charge in [0.05, 0.1) is 25.2 Å². The first-order valence-electron chi connectivity index (χ1n) is 21.9. The van der Waals surface area contributed by atoms with Crippen LogP contribution in [-0.4, -0.2) is 46.9 Å². The number of nitrogens with one attached hydrogen (secondary N) is 1. The fourth-order valence-corrected chi connectivity index (χ4v) is 6.45. The van der Waals surface area contributed by atoms with Crippen LogP contribution in [0.2, 0.25) is 0 Å². The summed E-state index contributed by atoms with van der Waals surface area (Å²) in [6, 6.07) is -0.718. The first kappa shape index (κ1) is 49.8. The average molecular weight is 730 g/mol. The number of rotatable bonds is 38. The number of aliphatic hydroxyl groups excluding tert-OH is 2. The van der Waals surface area contributed by atoms with Crippen LogP contribution in [0.1, 0.15) is 207 Å². The lowest BCUT2D eigenvalue weighted by atomic mass is 10.0. The molecule has 0 rings (SSSR count). The highest BCUT2D eigenvalue weighted by atomic mass is 16.5. The van der Waals surface area contributed by atoms with Gasteiger partial charge in [0.15, 0.2) is 0 Å². The lowest BCUT2D eigenvalue weighted by Crippen LogP contribution is -2.46. The van der Waals surface area contributed by atoms with Crippen molar-refractivity contribution < 1.29 is 24.5 Å². The molecule has 0 aromatic rings. The zero-order valence-corrected chi connectivity index (χ0v) is 34.2. The van der Waals surface area contributed by atoms with Gasteiger partial charge >= 0.3 is 5.97 Å². The number of amides is 1. The molecule has 302 valence electrons. The summed E-state index contributed by atoms with van der Waals surface area (Å²) in [6.07, 6.45) is 46.1. The molecular formula is C46H83NO5. The van der Waals surface area contributed by atoms with Crippen molar-refractivity contribution in [2.45, 2.75) is 225 Å². The molecule has 0 aliphatic rings. The van der Waals surface area contributed by atoms with Crippen LogP contribution in [0.5, 0.6) is 0 Å². The minimum absolute atomic E-state index is 0.0330. The SMILES string of the molecule is CC/C=C/C=C/C=C\C=C/CCCC(CC(=O)NC(CO)C(O)CCCCCCCCCCCCCC)OC(=O)CCCCCCCCCCCC. The van der Waals surface area contributed by atoms with Crippen molar-refractivity contribution in [3.8, 4) is 0 Å². The second-order valence-corrected chi connectivity index (χ2v) is 14.8. The molecule has 0 fully saturated rings. The van der Waals surface area contributed by atoms with E-state index < -0.39 is 18.2 Å². The molecule has 0 aromatic carbocycles. The highest BCUT2D eigenvalue weighted by molar-refractivity contribution is 5.77. The molecule has 3 atom stereocenters. The summed E-state index contributed by atoms with van der Waals surface area (Å²) in [5.41, 5.74) is 0. The van der Waals surface area contributed by atoms with E-state index in [0.29, 0.717) is 19.3 Å². The van der Waals surface area contributed by atoms with Crippen LogP contribution in [0.3, 0.4) is 0 Å². The number of esters is 1. The molecule has 1 amide bonds. The van der Waals surface area contributed by atoms with E-state index in [9.17, 15) is 19.8 Å². The van der Waals surface area contributed by atoms with E-state index in [2.05, 4.69) is 38.2 Å². The van der Waals surface area contributed by atoms with Gasteiger partial charge in [0.2, 0.25) is 5.91 Å². The number of hydrogen-bond donors (Lipinski definition) is 3. The number of allylic oxidation sites excluding steroid dienone is 8. The van der Waals surface area contributed by atoms with Gasteiger partial charge in [-0.05, 0) is 38.5 Å². The summed E-state index contributed by atoms with van der Waals surface area (Å²) in [5, 5.41) is 23.6. The number of carbonyl (C=O) groups is 2. The van der Waals surface area contributed by atoms with Crippen molar-refractivity contribution in [2.75, 3.05) is 6.61 Å². The Morgan fingerprint density at radius 2 is 1.04 bits per heavy atom. The molecule has 0 bridgehead atoms. The Labute approximate surface area is 321 Å². The van der Waals surface area contributed by atoms with Crippen LogP contribution in [-0.2, 0) is 14.3 Å². The lowest BCUT2D eigenvalue weighted by Gasteiger charge is -2.24. The molecule has 3 N–H and O–H groups in total. The Balaban J connectivity index is 4.67. The van der Waals surface area contributed by atoms with E-state index in [1.807, 2.05) is 36.5 Å². The Morgan fingerprint density at radius 3 is 1.54 bits per heavy atom. The van der Waals surface area contributed by atoms with Crippen LogP contribution in [0.15, 0.2) is 48.6 Å². The second kappa shape index (κ2) is 40.0. The van der Waals surface area contributed by atoms with Gasteiger partial charge in [-0.2, -0.15) is 0 Å². The third-order valence-electron chi connectivity index (χ3n) is 9.77. The highest BCUT2D eigenvalue weighted by Crippen LogP contribution is 2.17. The van der Waals surface area contributed by atoms with Crippen LogP contribution in [0, 0.1) is 0 Å². The predicted octanol–water partition coefficient (Wildman–Crippen LogP) is 12.3. The quantitative estimate of drug-likeness (QED) is 0.0334. The molecule has 6 heteroatoms. The van der Waals surface area contributed by atoms with Gasteiger partial charge in [-0.1, -0.05) is 204 Å². The number of ether oxygens (including phenoxy) is 1. The smallest absolute Gasteiger partial charge is 0.306 e. The van der Waals surface area contributed by atoms with Crippen molar-refractivity contribution in [1.82, 2.24) is 5.32 Å². The largest absolute Gasteiger partial charge is 0.462 e. The summed E-state index contributed by atoms with van der Waals surface area (Å²) in [4.78, 5) is 25.9. The molecule has 0 aromatic heterocycles. The topological polar surface area (TPSA) is 95.9 Å². The van der Waals surface area contributed by atoms with Gasteiger partial charge in [-0.25, -0.2) is 0 Å². The Bertz CT molecular complexity index is 910. The van der Waals surface area contributed by atoms with Crippen LogP contribution < -0.4 is 5.32 Å². The zero-order valence-electron chi connectivity index (χ0n) is 34.2. The summed E-state index contributed by atoms with van der Waals surface area (Å²) < 4.78 is 5.84. The van der Waals surface area contributed by atoms with E-state index in [1.165, 1.54) is 103 Å². The molecule has 0 aliphatic heterocycles. The molecule has 0 radical (unpaired) electrons. The maximum absolute atomic E-state index is 13.1. The summed E-state index contributed by atoms with van der Waals surface area (Å²) in [7, 11) is 0. The fraction of sp³-hybridized carbons (Fsp3) is 0.783. The lowest BCUT2D eigenvalue weighted by molar-refractivity contribution is -0.151. The maximum Gasteiger partial charge on any atom is 0.306 e. The Morgan fingerprint density at radius 1 is 0.577 bits per heavy atom. The van der Waals surface area contributed by atoms with Crippen molar-refractivity contribution in [1.29, 1.82) is 0 Å². The van der Waals surface area contributed by atoms with Crippen molar-refractivity contribution in [3.05, 3.63) is 48.6 Å².